The van der Waals surface area contributed by atoms with Crippen LogP contribution in [-0.4, -0.2) is 37.0 Å². The highest BCUT2D eigenvalue weighted by Gasteiger charge is 2.33. The lowest BCUT2D eigenvalue weighted by Crippen LogP contribution is -2.37. The summed E-state index contributed by atoms with van der Waals surface area (Å²) >= 11 is 7.34. The Kier molecular flexibility index (Phi) is 5.83. The number of ketones is 1. The molecule has 0 atom stereocenters. The molecule has 0 aromatic heterocycles. The first kappa shape index (κ1) is 19.9. The van der Waals surface area contributed by atoms with E-state index in [1.165, 1.54) is 18.9 Å². The van der Waals surface area contributed by atoms with Gasteiger partial charge < -0.3 is 14.4 Å². The topological polar surface area (TPSA) is 55.8 Å². The normalized spacial score (nSPS) is 17.4. The second-order valence-electron chi connectivity index (χ2n) is 6.88. The Bertz CT molecular complexity index is 998. The Balaban J connectivity index is 1.65. The zero-order valence-electron chi connectivity index (χ0n) is 15.9. The number of allylic oxidation sites excluding steroid dienone is 1. The molecule has 1 saturated heterocycles. The van der Waals surface area contributed by atoms with Gasteiger partial charge in [-0.15, -0.1) is 0 Å². The highest BCUT2D eigenvalue weighted by molar-refractivity contribution is 8.05. The minimum absolute atomic E-state index is 0.155. The van der Waals surface area contributed by atoms with E-state index < -0.39 is 0 Å². The fourth-order valence-electron chi connectivity index (χ4n) is 3.47. The summed E-state index contributed by atoms with van der Waals surface area (Å²) in [5, 5.41) is 0.598. The molecule has 2 aromatic rings. The molecule has 2 aliphatic rings. The number of hydrogen-bond donors (Lipinski definition) is 0. The molecule has 150 valence electrons. The first-order chi connectivity index (χ1) is 14.1. The third-order valence-electron chi connectivity index (χ3n) is 4.92. The van der Waals surface area contributed by atoms with Gasteiger partial charge in [-0.25, -0.2) is 4.79 Å². The monoisotopic (exact) mass is 429 g/mol. The largest absolute Gasteiger partial charge is 0.496 e. The van der Waals surface area contributed by atoms with Crippen LogP contribution in [0.3, 0.4) is 0 Å². The van der Waals surface area contributed by atoms with Crippen LogP contribution in [-0.2, 0) is 0 Å². The molecule has 0 radical (unpaired) electrons. The van der Waals surface area contributed by atoms with Gasteiger partial charge in [-0.2, -0.15) is 0 Å². The van der Waals surface area contributed by atoms with Crippen LogP contribution in [0.2, 0.25) is 5.02 Å². The zero-order chi connectivity index (χ0) is 20.4. The first-order valence-corrected chi connectivity index (χ1v) is 10.6. The summed E-state index contributed by atoms with van der Waals surface area (Å²) in [6, 6.07) is 10.6. The second kappa shape index (κ2) is 8.51. The van der Waals surface area contributed by atoms with Gasteiger partial charge in [0, 0.05) is 18.1 Å². The number of halogens is 1. The van der Waals surface area contributed by atoms with Gasteiger partial charge >= 0.3 is 6.09 Å². The molecular formula is C22H20ClNO4S. The molecule has 29 heavy (non-hydrogen) atoms. The molecule has 4 rings (SSSR count). The standard InChI is InChI=1S/C22H20ClNO4S/c1-27-16-8-9-17(28-22(26)24-10-3-2-4-11-24)21-19(16)20(25)18(29-21)13-14-6-5-7-15(23)12-14/h5-9,12-13H,2-4,10-11H2,1H3/b18-13+. The van der Waals surface area contributed by atoms with Crippen molar-refractivity contribution in [3.05, 3.63) is 57.5 Å². The van der Waals surface area contributed by atoms with E-state index in [0.29, 0.717) is 45.0 Å². The predicted molar refractivity (Wildman–Crippen MR) is 114 cm³/mol. The number of benzene rings is 2. The number of ether oxygens (including phenoxy) is 2. The van der Waals surface area contributed by atoms with E-state index >= 15 is 0 Å². The number of fused-ring (bicyclic) bond motifs is 1. The molecule has 2 aromatic carbocycles. The van der Waals surface area contributed by atoms with Crippen molar-refractivity contribution in [3.63, 3.8) is 0 Å². The first-order valence-electron chi connectivity index (χ1n) is 9.44. The van der Waals surface area contributed by atoms with Crippen LogP contribution in [0.5, 0.6) is 11.5 Å². The summed E-state index contributed by atoms with van der Waals surface area (Å²) in [4.78, 5) is 28.5. The smallest absolute Gasteiger partial charge is 0.415 e. The number of carbonyl (C=O) groups excluding carboxylic acids is 2. The minimum Gasteiger partial charge on any atom is -0.496 e. The average Bonchev–Trinajstić information content (AvgIpc) is 3.06. The maximum absolute atomic E-state index is 13.1. The molecule has 0 spiro atoms. The lowest BCUT2D eigenvalue weighted by Gasteiger charge is -2.26. The Morgan fingerprint density at radius 3 is 2.62 bits per heavy atom. The van der Waals surface area contributed by atoms with Gasteiger partial charge in [0.15, 0.2) is 0 Å². The van der Waals surface area contributed by atoms with Crippen molar-refractivity contribution in [1.29, 1.82) is 0 Å². The van der Waals surface area contributed by atoms with Gasteiger partial charge in [-0.3, -0.25) is 4.79 Å². The molecule has 0 aliphatic carbocycles. The number of nitrogens with zero attached hydrogens (tertiary/aromatic N) is 1. The average molecular weight is 430 g/mol. The van der Waals surface area contributed by atoms with Gasteiger partial charge in [-0.1, -0.05) is 35.5 Å². The highest BCUT2D eigenvalue weighted by atomic mass is 35.5. The molecule has 0 saturated carbocycles. The molecular weight excluding hydrogens is 410 g/mol. The molecule has 0 bridgehead atoms. The van der Waals surface area contributed by atoms with E-state index in [2.05, 4.69) is 0 Å². The van der Waals surface area contributed by atoms with Crippen LogP contribution in [0.1, 0.15) is 35.2 Å². The lowest BCUT2D eigenvalue weighted by molar-refractivity contribution is 0.103. The molecule has 1 amide bonds. The summed E-state index contributed by atoms with van der Waals surface area (Å²) in [6.07, 6.45) is 4.50. The second-order valence-corrected chi connectivity index (χ2v) is 8.37. The van der Waals surface area contributed by atoms with Crippen molar-refractivity contribution in [2.75, 3.05) is 20.2 Å². The third-order valence-corrected chi connectivity index (χ3v) is 6.29. The fraction of sp³-hybridized carbons (Fsp3) is 0.273. The van der Waals surface area contributed by atoms with Gasteiger partial charge in [-0.05, 0) is 55.2 Å². The van der Waals surface area contributed by atoms with Crippen LogP contribution in [0, 0.1) is 0 Å². The van der Waals surface area contributed by atoms with E-state index in [9.17, 15) is 9.59 Å². The van der Waals surface area contributed by atoms with Crippen molar-refractivity contribution >= 4 is 41.3 Å². The van der Waals surface area contributed by atoms with Gasteiger partial charge in [0.05, 0.1) is 22.5 Å². The van der Waals surface area contributed by atoms with E-state index in [1.807, 2.05) is 12.1 Å². The highest BCUT2D eigenvalue weighted by Crippen LogP contribution is 2.49. The quantitative estimate of drug-likeness (QED) is 0.589. The third kappa shape index (κ3) is 4.14. The number of methoxy groups -OCH3 is 1. The fourth-order valence-corrected chi connectivity index (χ4v) is 4.78. The summed E-state index contributed by atoms with van der Waals surface area (Å²) in [5.41, 5.74) is 1.25. The van der Waals surface area contributed by atoms with Crippen LogP contribution in [0.4, 0.5) is 4.79 Å². The Labute approximate surface area is 178 Å². The summed E-state index contributed by atoms with van der Waals surface area (Å²) in [6.45, 7) is 1.40. The molecule has 0 unspecified atom stereocenters. The van der Waals surface area contributed by atoms with E-state index in [0.717, 1.165) is 24.8 Å². The number of likely N-dealkylation sites (tertiary alicyclic amines) is 1. The predicted octanol–water partition coefficient (Wildman–Crippen LogP) is 5.66. The number of piperidine rings is 1. The molecule has 5 nitrogen and oxygen atoms in total. The molecule has 0 N–H and O–H groups in total. The lowest BCUT2D eigenvalue weighted by atomic mass is 10.1. The van der Waals surface area contributed by atoms with Crippen molar-refractivity contribution in [2.24, 2.45) is 0 Å². The van der Waals surface area contributed by atoms with Gasteiger partial charge in [0.2, 0.25) is 5.78 Å². The maximum Gasteiger partial charge on any atom is 0.415 e. The van der Waals surface area contributed by atoms with Crippen molar-refractivity contribution < 1.29 is 19.1 Å². The van der Waals surface area contributed by atoms with Crippen LogP contribution in [0.25, 0.3) is 6.08 Å². The van der Waals surface area contributed by atoms with Gasteiger partial charge in [0.1, 0.15) is 11.5 Å². The molecule has 2 heterocycles. The number of thioether (sulfide) groups is 1. The minimum atomic E-state index is -0.377. The van der Waals surface area contributed by atoms with E-state index in [1.54, 1.807) is 35.2 Å². The van der Waals surface area contributed by atoms with Crippen LogP contribution < -0.4 is 9.47 Å². The maximum atomic E-state index is 13.1. The Morgan fingerprint density at radius 1 is 1.14 bits per heavy atom. The van der Waals surface area contributed by atoms with E-state index in [4.69, 9.17) is 21.1 Å². The molecule has 7 heteroatoms. The summed E-state index contributed by atoms with van der Waals surface area (Å²) in [5.74, 6) is 0.687. The Morgan fingerprint density at radius 2 is 1.90 bits per heavy atom. The number of hydrogen-bond acceptors (Lipinski definition) is 5. The van der Waals surface area contributed by atoms with Crippen LogP contribution in [0.15, 0.2) is 46.2 Å². The summed E-state index contributed by atoms with van der Waals surface area (Å²) in [7, 11) is 1.52. The van der Waals surface area contributed by atoms with Crippen LogP contribution >= 0.6 is 23.4 Å². The number of carbonyl (C=O) groups is 2. The SMILES string of the molecule is COc1ccc(OC(=O)N2CCCCC2)c2c1C(=O)/C(=C\c1cccc(Cl)c1)S2. The molecule has 1 fully saturated rings. The number of rotatable bonds is 3. The summed E-state index contributed by atoms with van der Waals surface area (Å²) < 4.78 is 11.1. The van der Waals surface area contributed by atoms with Crippen molar-refractivity contribution in [1.82, 2.24) is 4.90 Å². The van der Waals surface area contributed by atoms with Crippen molar-refractivity contribution in [2.45, 2.75) is 24.2 Å². The Hall–Kier alpha value is -2.44. The number of Topliss-reactive ketones (excluding diaryl/α,β-unsaturated/α-hetero) is 1. The van der Waals surface area contributed by atoms with E-state index in [-0.39, 0.29) is 11.9 Å². The van der Waals surface area contributed by atoms with Gasteiger partial charge in [0.25, 0.3) is 0 Å². The molecule has 2 aliphatic heterocycles. The zero-order valence-corrected chi connectivity index (χ0v) is 17.5. The number of amides is 1. The van der Waals surface area contributed by atoms with Crippen molar-refractivity contribution in [3.8, 4) is 11.5 Å².